The predicted molar refractivity (Wildman–Crippen MR) is 74.3 cm³/mol. The molecule has 2 fully saturated rings. The fourth-order valence-corrected chi connectivity index (χ4v) is 3.70. The molecule has 0 spiro atoms. The normalized spacial score (nSPS) is 31.9. The Bertz CT molecular complexity index is 213. The summed E-state index contributed by atoms with van der Waals surface area (Å²) in [4.78, 5) is 2.68. The first-order valence-electron chi connectivity index (χ1n) is 7.67. The molecule has 1 saturated carbocycles. The number of nitrogens with zero attached hydrogens (tertiary/aromatic N) is 1. The lowest BCUT2D eigenvalue weighted by Gasteiger charge is -2.36. The van der Waals surface area contributed by atoms with E-state index in [0.29, 0.717) is 5.41 Å². The summed E-state index contributed by atoms with van der Waals surface area (Å²) in [5, 5.41) is 3.56. The van der Waals surface area contributed by atoms with Crippen molar-refractivity contribution >= 4 is 0 Å². The van der Waals surface area contributed by atoms with Crippen LogP contribution in [0.4, 0.5) is 0 Å². The topological polar surface area (TPSA) is 15.3 Å². The Kier molecular flexibility index (Phi) is 4.87. The molecule has 100 valence electrons. The fraction of sp³-hybridized carbons (Fsp3) is 1.00. The van der Waals surface area contributed by atoms with Gasteiger partial charge in [0.1, 0.15) is 0 Å². The van der Waals surface area contributed by atoms with E-state index in [1.807, 2.05) is 0 Å². The van der Waals surface area contributed by atoms with Gasteiger partial charge in [0, 0.05) is 19.1 Å². The minimum Gasteiger partial charge on any atom is -0.316 e. The van der Waals surface area contributed by atoms with Crippen molar-refractivity contribution in [2.24, 2.45) is 5.41 Å². The van der Waals surface area contributed by atoms with Gasteiger partial charge in [-0.2, -0.15) is 0 Å². The highest BCUT2D eigenvalue weighted by Crippen LogP contribution is 2.32. The van der Waals surface area contributed by atoms with E-state index < -0.39 is 0 Å². The molecule has 0 amide bonds. The quantitative estimate of drug-likeness (QED) is 0.757. The Morgan fingerprint density at radius 2 is 1.88 bits per heavy atom. The second kappa shape index (κ2) is 6.19. The molecule has 1 N–H and O–H groups in total. The Morgan fingerprint density at radius 1 is 1.18 bits per heavy atom. The van der Waals surface area contributed by atoms with Crippen LogP contribution in [-0.4, -0.2) is 37.6 Å². The van der Waals surface area contributed by atoms with E-state index in [9.17, 15) is 0 Å². The average molecular weight is 238 g/mol. The van der Waals surface area contributed by atoms with E-state index in [2.05, 4.69) is 24.2 Å². The number of rotatable bonds is 4. The SMILES string of the molecule is CCC1(CN(C)C2CCCCCC2)CCNC1. The summed E-state index contributed by atoms with van der Waals surface area (Å²) >= 11 is 0. The van der Waals surface area contributed by atoms with E-state index in [4.69, 9.17) is 0 Å². The summed E-state index contributed by atoms with van der Waals surface area (Å²) in [7, 11) is 2.37. The lowest BCUT2D eigenvalue weighted by atomic mass is 9.83. The van der Waals surface area contributed by atoms with Crippen molar-refractivity contribution in [2.45, 2.75) is 64.3 Å². The molecule has 2 rings (SSSR count). The second-order valence-electron chi connectivity index (χ2n) is 6.34. The van der Waals surface area contributed by atoms with Gasteiger partial charge in [0.15, 0.2) is 0 Å². The molecule has 0 aromatic heterocycles. The molecule has 0 radical (unpaired) electrons. The molecule has 2 aliphatic rings. The number of hydrogen-bond donors (Lipinski definition) is 1. The smallest absolute Gasteiger partial charge is 0.00924 e. The van der Waals surface area contributed by atoms with Crippen molar-refractivity contribution in [3.05, 3.63) is 0 Å². The molecule has 0 aromatic rings. The van der Waals surface area contributed by atoms with Crippen LogP contribution in [0.1, 0.15) is 58.3 Å². The minimum absolute atomic E-state index is 0.570. The predicted octanol–water partition coefficient (Wildman–Crippen LogP) is 3.03. The summed E-state index contributed by atoms with van der Waals surface area (Å²) in [5.74, 6) is 0. The zero-order valence-corrected chi connectivity index (χ0v) is 11.8. The van der Waals surface area contributed by atoms with Gasteiger partial charge in [-0.3, -0.25) is 0 Å². The van der Waals surface area contributed by atoms with Crippen LogP contribution < -0.4 is 5.32 Å². The monoisotopic (exact) mass is 238 g/mol. The van der Waals surface area contributed by atoms with Crippen LogP contribution in [0.25, 0.3) is 0 Å². The zero-order valence-electron chi connectivity index (χ0n) is 11.8. The maximum atomic E-state index is 3.56. The van der Waals surface area contributed by atoms with Gasteiger partial charge in [-0.05, 0) is 44.7 Å². The van der Waals surface area contributed by atoms with Crippen molar-refractivity contribution < 1.29 is 0 Å². The molecule has 1 atom stereocenters. The molecule has 0 bridgehead atoms. The van der Waals surface area contributed by atoms with Crippen LogP contribution in [-0.2, 0) is 0 Å². The Morgan fingerprint density at radius 3 is 2.41 bits per heavy atom. The highest BCUT2D eigenvalue weighted by molar-refractivity contribution is 4.90. The maximum absolute atomic E-state index is 3.56. The third kappa shape index (κ3) is 3.45. The summed E-state index contributed by atoms with van der Waals surface area (Å²) in [6, 6.07) is 0.863. The van der Waals surface area contributed by atoms with Crippen LogP contribution in [0.2, 0.25) is 0 Å². The van der Waals surface area contributed by atoms with E-state index in [1.54, 1.807) is 0 Å². The van der Waals surface area contributed by atoms with Gasteiger partial charge in [-0.1, -0.05) is 32.6 Å². The van der Waals surface area contributed by atoms with Crippen molar-refractivity contribution in [2.75, 3.05) is 26.7 Å². The highest BCUT2D eigenvalue weighted by Gasteiger charge is 2.34. The standard InChI is InChI=1S/C15H30N2/c1-3-15(10-11-16-12-15)13-17(2)14-8-6-4-5-7-9-14/h14,16H,3-13H2,1-2H3. The van der Waals surface area contributed by atoms with Gasteiger partial charge < -0.3 is 10.2 Å². The number of nitrogens with one attached hydrogen (secondary N) is 1. The molecule has 1 aliphatic carbocycles. The third-order valence-electron chi connectivity index (χ3n) is 5.11. The second-order valence-corrected chi connectivity index (χ2v) is 6.34. The van der Waals surface area contributed by atoms with Gasteiger partial charge in [-0.25, -0.2) is 0 Å². The van der Waals surface area contributed by atoms with Crippen molar-refractivity contribution in [3.63, 3.8) is 0 Å². The van der Waals surface area contributed by atoms with Crippen molar-refractivity contribution in [3.8, 4) is 0 Å². The first kappa shape index (κ1) is 13.4. The summed E-state index contributed by atoms with van der Waals surface area (Å²) < 4.78 is 0. The van der Waals surface area contributed by atoms with E-state index in [1.165, 1.54) is 71.0 Å². The zero-order chi connectivity index (χ0) is 12.1. The molecule has 1 unspecified atom stereocenters. The average Bonchev–Trinajstić information content (AvgIpc) is 2.64. The Labute approximate surface area is 107 Å². The van der Waals surface area contributed by atoms with E-state index in [-0.39, 0.29) is 0 Å². The lowest BCUT2D eigenvalue weighted by molar-refractivity contribution is 0.133. The third-order valence-corrected chi connectivity index (χ3v) is 5.11. The molecular formula is C15H30N2. The van der Waals surface area contributed by atoms with Crippen LogP contribution in [0.15, 0.2) is 0 Å². The first-order chi connectivity index (χ1) is 8.26. The van der Waals surface area contributed by atoms with Gasteiger partial charge in [0.2, 0.25) is 0 Å². The molecule has 1 aliphatic heterocycles. The van der Waals surface area contributed by atoms with E-state index >= 15 is 0 Å². The maximum Gasteiger partial charge on any atom is 0.00924 e. The van der Waals surface area contributed by atoms with Crippen molar-refractivity contribution in [1.29, 1.82) is 0 Å². The molecule has 1 saturated heterocycles. The summed E-state index contributed by atoms with van der Waals surface area (Å²) in [6.07, 6.45) is 11.4. The largest absolute Gasteiger partial charge is 0.316 e. The lowest BCUT2D eigenvalue weighted by Crippen LogP contribution is -2.42. The molecule has 1 heterocycles. The Balaban J connectivity index is 1.87. The summed E-state index contributed by atoms with van der Waals surface area (Å²) in [5.41, 5.74) is 0.570. The van der Waals surface area contributed by atoms with Crippen LogP contribution in [0, 0.1) is 5.41 Å². The molecular weight excluding hydrogens is 208 g/mol. The molecule has 2 nitrogen and oxygen atoms in total. The summed E-state index contributed by atoms with van der Waals surface area (Å²) in [6.45, 7) is 6.14. The van der Waals surface area contributed by atoms with Gasteiger partial charge in [0.25, 0.3) is 0 Å². The van der Waals surface area contributed by atoms with Crippen LogP contribution in [0.5, 0.6) is 0 Å². The van der Waals surface area contributed by atoms with Gasteiger partial charge >= 0.3 is 0 Å². The van der Waals surface area contributed by atoms with E-state index in [0.717, 1.165) is 6.04 Å². The minimum atomic E-state index is 0.570. The van der Waals surface area contributed by atoms with Crippen molar-refractivity contribution in [1.82, 2.24) is 10.2 Å². The highest BCUT2D eigenvalue weighted by atomic mass is 15.1. The fourth-order valence-electron chi connectivity index (χ4n) is 3.70. The molecule has 17 heavy (non-hydrogen) atoms. The molecule has 0 aromatic carbocycles. The van der Waals surface area contributed by atoms with Gasteiger partial charge in [0.05, 0.1) is 0 Å². The Hall–Kier alpha value is -0.0800. The van der Waals surface area contributed by atoms with Gasteiger partial charge in [-0.15, -0.1) is 0 Å². The van der Waals surface area contributed by atoms with Crippen LogP contribution >= 0.6 is 0 Å². The first-order valence-corrected chi connectivity index (χ1v) is 7.67. The van der Waals surface area contributed by atoms with Crippen LogP contribution in [0.3, 0.4) is 0 Å². The number of hydrogen-bond acceptors (Lipinski definition) is 2. The molecule has 2 heteroatoms.